The largest absolute Gasteiger partial charge is 0.480 e. The van der Waals surface area contributed by atoms with Gasteiger partial charge >= 0.3 is 5.97 Å². The van der Waals surface area contributed by atoms with E-state index in [2.05, 4.69) is 120 Å². The lowest BCUT2D eigenvalue weighted by molar-refractivity contribution is -0.142. The minimum absolute atomic E-state index is 0.0313. The number of aromatic nitrogens is 2. The summed E-state index contributed by atoms with van der Waals surface area (Å²) in [5, 5.41) is 82.3. The summed E-state index contributed by atoms with van der Waals surface area (Å²) in [7, 11) is 0. The van der Waals surface area contributed by atoms with E-state index in [0.29, 0.717) is 38.5 Å². The number of aliphatic hydroxyl groups excluding tert-OH is 3. The number of amides is 18. The summed E-state index contributed by atoms with van der Waals surface area (Å²) in [4.78, 5) is 268. The van der Waals surface area contributed by atoms with E-state index < -0.39 is 261 Å². The van der Waals surface area contributed by atoms with Gasteiger partial charge < -0.3 is 132 Å². The van der Waals surface area contributed by atoms with E-state index in [1.54, 1.807) is 119 Å². The number of nitrogens with zero attached hydrogens (tertiary/aromatic N) is 1. The van der Waals surface area contributed by atoms with Crippen LogP contribution in [0.2, 0.25) is 0 Å². The zero-order chi connectivity index (χ0) is 100. The lowest BCUT2D eigenvalue weighted by Gasteiger charge is -2.31. The van der Waals surface area contributed by atoms with Crippen molar-refractivity contribution in [1.82, 2.24) is 99.9 Å². The lowest BCUT2D eigenvalue weighted by atomic mass is 10.0. The van der Waals surface area contributed by atoms with Crippen LogP contribution >= 0.6 is 25.3 Å². The Labute approximate surface area is 791 Å². The molecule has 0 aliphatic carbocycles. The number of primary amides is 1. The van der Waals surface area contributed by atoms with Gasteiger partial charge in [0, 0.05) is 77.9 Å². The smallest absolute Gasteiger partial charge is 0.325 e. The van der Waals surface area contributed by atoms with Crippen LogP contribution < -0.4 is 96.5 Å². The van der Waals surface area contributed by atoms with Gasteiger partial charge in [-0.2, -0.15) is 25.3 Å². The van der Waals surface area contributed by atoms with Crippen LogP contribution in [0.3, 0.4) is 0 Å². The van der Waals surface area contributed by atoms with Crippen molar-refractivity contribution in [1.29, 1.82) is 0 Å². The maximum absolute atomic E-state index is 15.0. The van der Waals surface area contributed by atoms with Crippen molar-refractivity contribution in [3.05, 3.63) is 108 Å². The molecular formula is C89H129N21O23S2. The Kier molecular flexibility index (Phi) is 44.8. The number of carbonyl (C=O) groups is 19. The molecule has 1 aliphatic rings. The summed E-state index contributed by atoms with van der Waals surface area (Å²) >= 11 is 8.32. The predicted molar refractivity (Wildman–Crippen MR) is 499 cm³/mol. The van der Waals surface area contributed by atoms with Crippen molar-refractivity contribution in [3.8, 4) is 0 Å². The Morgan fingerprint density at radius 1 is 0.430 bits per heavy atom. The number of aliphatic hydroxyl groups is 3. The number of rotatable bonds is 55. The van der Waals surface area contributed by atoms with Gasteiger partial charge in [0.15, 0.2) is 0 Å². The first-order chi connectivity index (χ1) is 63.9. The monoisotopic (exact) mass is 1920 g/mol. The van der Waals surface area contributed by atoms with E-state index in [0.717, 1.165) is 0 Å². The van der Waals surface area contributed by atoms with Gasteiger partial charge in [0.25, 0.3) is 0 Å². The number of hydrogen-bond donors (Lipinski definition) is 26. The maximum atomic E-state index is 15.0. The van der Waals surface area contributed by atoms with Crippen molar-refractivity contribution in [2.24, 2.45) is 35.1 Å². The second-order valence-electron chi connectivity index (χ2n) is 34.7. The van der Waals surface area contributed by atoms with E-state index in [9.17, 15) is 112 Å². The number of carboxylic acid groups (broad SMARTS) is 1. The quantitative estimate of drug-likeness (QED) is 0.0162. The maximum Gasteiger partial charge on any atom is 0.325 e. The number of aromatic amines is 2. The first-order valence-electron chi connectivity index (χ1n) is 44.4. The molecular weight excluding hydrogens is 1800 g/mol. The van der Waals surface area contributed by atoms with Crippen LogP contribution in [0.4, 0.5) is 0 Å². The van der Waals surface area contributed by atoms with Crippen LogP contribution in [0.15, 0.2) is 91.3 Å². The van der Waals surface area contributed by atoms with Crippen molar-refractivity contribution < 1.29 is 112 Å². The van der Waals surface area contributed by atoms with Crippen molar-refractivity contribution in [3.63, 3.8) is 0 Å². The molecule has 0 spiro atoms. The molecule has 1 fully saturated rings. The number of para-hydroxylation sites is 2. The minimum atomic E-state index is -1.82. The SMILES string of the molecule is CC(C)C[C@H](NC(=O)[C@H](CO)NC(=O)[C@H](CCC(N)=O)NC(=O)[C@H](CS)NC(=O)[C@@H](N)CC(C)C)C(=O)NCC(=O)N[C@H](C(=O)N[C@H](C(=O)N[C@@H](Cc1ccccc1)C(=O)N1CCC[C@H]1C(=O)NCC(=O)N[C@@H](Cc1c[nH]c2ccccc12)C(=O)N[C@@H](CC(C)C)C(=O)N[C@@H](CO)C(=O)NCC(=O)N[C@@H](Cc1c[nH]c2ccccc12)C(=O)N[C@@H](CS)C(=O)N[C@@H](C)C(=O)O)[C@@H](C)O)C(C)C. The molecule has 44 nitrogen and oxygen atoms in total. The minimum Gasteiger partial charge on any atom is -0.480 e. The Morgan fingerprint density at radius 2 is 0.830 bits per heavy atom. The molecule has 5 aromatic rings. The number of aliphatic carboxylic acids is 1. The fourth-order valence-electron chi connectivity index (χ4n) is 14.7. The molecule has 46 heteroatoms. The van der Waals surface area contributed by atoms with E-state index in [1.807, 2.05) is 13.8 Å². The Balaban J connectivity index is 1.10. The molecule has 3 aromatic carbocycles. The van der Waals surface area contributed by atoms with Crippen molar-refractivity contribution in [2.45, 2.75) is 230 Å². The molecule has 3 heterocycles. The predicted octanol–water partition coefficient (Wildman–Crippen LogP) is -4.96. The van der Waals surface area contributed by atoms with Crippen LogP contribution in [0.5, 0.6) is 0 Å². The highest BCUT2D eigenvalue weighted by Crippen LogP contribution is 2.24. The molecule has 2 aromatic heterocycles. The van der Waals surface area contributed by atoms with Crippen LogP contribution in [-0.2, 0) is 110 Å². The third-order valence-corrected chi connectivity index (χ3v) is 22.6. The Hall–Kier alpha value is -12.8. The van der Waals surface area contributed by atoms with Gasteiger partial charge in [-0.15, -0.1) is 0 Å². The molecule has 0 bridgehead atoms. The van der Waals surface area contributed by atoms with Gasteiger partial charge in [0.05, 0.1) is 45.0 Å². The van der Waals surface area contributed by atoms with Gasteiger partial charge in [-0.25, -0.2) is 0 Å². The molecule has 0 radical (unpaired) electrons. The number of carbonyl (C=O) groups excluding carboxylic acids is 18. The fraction of sp³-hybridized carbons (Fsp3) is 0.539. The molecule has 6 rings (SSSR count). The molecule has 1 saturated heterocycles. The summed E-state index contributed by atoms with van der Waals surface area (Å²) in [6, 6.07) is 0.536. The zero-order valence-electron chi connectivity index (χ0n) is 77.0. The number of H-pyrrole nitrogens is 2. The van der Waals surface area contributed by atoms with Gasteiger partial charge in [0.2, 0.25) is 106 Å². The van der Waals surface area contributed by atoms with Crippen molar-refractivity contribution >= 4 is 159 Å². The van der Waals surface area contributed by atoms with E-state index in [4.69, 9.17) is 11.5 Å². The molecule has 16 atom stereocenters. The molecule has 18 amide bonds. The van der Waals surface area contributed by atoms with Gasteiger partial charge in [-0.1, -0.05) is 122 Å². The van der Waals surface area contributed by atoms with E-state index in [-0.39, 0.29) is 87.2 Å². The third kappa shape index (κ3) is 35.2. The summed E-state index contributed by atoms with van der Waals surface area (Å²) in [5.74, 6) is -20.0. The number of carboxylic acids is 1. The molecule has 135 heavy (non-hydrogen) atoms. The highest BCUT2D eigenvalue weighted by atomic mass is 32.1. The number of nitrogens with two attached hydrogens (primary N) is 2. The highest BCUT2D eigenvalue weighted by Gasteiger charge is 2.42. The molecule has 26 N–H and O–H groups in total. The Morgan fingerprint density at radius 3 is 1.31 bits per heavy atom. The van der Waals surface area contributed by atoms with Crippen LogP contribution in [0, 0.1) is 23.7 Å². The van der Waals surface area contributed by atoms with Gasteiger partial charge in [0.1, 0.15) is 84.6 Å². The molecule has 740 valence electrons. The standard InChI is InChI=1S/C89H129N21O23S2/c1-44(2)29-55(90)75(118)106-67(43-135)84(127)100-58(26-27-69(91)114)78(121)105-65(41-112)82(125)101-59(30-45(3)4)76(119)94-39-72(117)108-73(47(7)8)86(129)109-74(49(10)113)87(130)103-63(32-50-19-12-11-13-20-50)88(131)110-28-18-25-68(110)85(128)96-38-71(116)98-61(33-51-35-92-56-23-16-14-21-53(51)56)80(123)102-60(31-46(5)6)79(122)104-64(40-111)77(120)95-37-70(115)99-62(34-52-36-93-57-24-17-15-22-54(52)57)81(124)107-66(42-134)83(126)97-48(9)89(132)133/h11-17,19-24,35-36,44-49,55,58-68,73-74,92-93,111-113,134-135H,18,25-34,37-43,90H2,1-10H3,(H2,91,114)(H,94,119)(H,95,120)(H,96,128)(H,97,126)(H,98,116)(H,99,115)(H,100,127)(H,101,125)(H,102,123)(H,103,130)(H,104,122)(H,105,121)(H,106,118)(H,107,124)(H,108,117)(H,109,129)(H,132,133)/t48-,49+,55-,58-,59-,60-,61-,62-,63-,64-,65-,66-,67-,68-,73-,74-/m0/s1. The normalized spacial score (nSPS) is 15.8. The number of benzene rings is 3. The van der Waals surface area contributed by atoms with Crippen LogP contribution in [0.1, 0.15) is 131 Å². The van der Waals surface area contributed by atoms with Gasteiger partial charge in [-0.3, -0.25) is 91.1 Å². The number of nitrogens with one attached hydrogen (secondary N) is 18. The average Bonchev–Trinajstić information content (AvgIpc) is 1.76. The van der Waals surface area contributed by atoms with E-state index >= 15 is 0 Å². The summed E-state index contributed by atoms with van der Waals surface area (Å²) in [6.07, 6.45) is 0.602. The average molecular weight is 1930 g/mol. The number of likely N-dealkylation sites (tertiary alicyclic amines) is 1. The fourth-order valence-corrected chi connectivity index (χ4v) is 15.2. The summed E-state index contributed by atoms with van der Waals surface area (Å²) in [6.45, 7) is 11.5. The first kappa shape index (κ1) is 111. The molecule has 0 saturated carbocycles. The second kappa shape index (κ2) is 54.5. The number of hydrogen-bond acceptors (Lipinski definition) is 25. The summed E-state index contributed by atoms with van der Waals surface area (Å²) < 4.78 is 0. The Bertz CT molecular complexity index is 4980. The zero-order valence-corrected chi connectivity index (χ0v) is 78.8. The molecule has 0 unspecified atom stereocenters. The number of thiol groups is 2. The van der Waals surface area contributed by atoms with Gasteiger partial charge in [-0.05, 0) is 105 Å². The second-order valence-corrected chi connectivity index (χ2v) is 35.4. The van der Waals surface area contributed by atoms with E-state index in [1.165, 1.54) is 32.6 Å². The highest BCUT2D eigenvalue weighted by molar-refractivity contribution is 7.80. The third-order valence-electron chi connectivity index (χ3n) is 21.9. The van der Waals surface area contributed by atoms with Crippen molar-refractivity contribution in [2.75, 3.05) is 50.9 Å². The summed E-state index contributed by atoms with van der Waals surface area (Å²) in [5.41, 5.74) is 14.3. The first-order valence-corrected chi connectivity index (χ1v) is 45.7. The molecule has 1 aliphatic heterocycles. The van der Waals surface area contributed by atoms with Crippen LogP contribution in [-0.4, -0.2) is 295 Å². The van der Waals surface area contributed by atoms with Crippen LogP contribution in [0.25, 0.3) is 21.8 Å². The topological polar surface area (TPSA) is 685 Å². The number of fused-ring (bicyclic) bond motifs is 2. The lowest BCUT2D eigenvalue weighted by Crippen LogP contribution is -2.62.